The van der Waals surface area contributed by atoms with E-state index in [1.165, 1.54) is 17.0 Å². The van der Waals surface area contributed by atoms with Crippen molar-refractivity contribution in [3.8, 4) is 17.4 Å². The van der Waals surface area contributed by atoms with Gasteiger partial charge in [0.1, 0.15) is 23.2 Å². The molecule has 0 saturated carbocycles. The smallest absolute Gasteiger partial charge is 0.335 e. The van der Waals surface area contributed by atoms with E-state index in [-0.39, 0.29) is 11.1 Å². The zero-order valence-corrected chi connectivity index (χ0v) is 13.5. The van der Waals surface area contributed by atoms with Gasteiger partial charge in [-0.2, -0.15) is 5.26 Å². The molecular weight excluding hydrogens is 308 g/mol. The number of carboxylic acid groups (broad SMARTS) is 1. The van der Waals surface area contributed by atoms with Crippen LogP contribution in [0.25, 0.3) is 17.4 Å². The second-order valence-corrected chi connectivity index (χ2v) is 5.41. The van der Waals surface area contributed by atoms with Gasteiger partial charge in [0.15, 0.2) is 0 Å². The summed E-state index contributed by atoms with van der Waals surface area (Å²) in [6, 6.07) is 9.95. The van der Waals surface area contributed by atoms with Gasteiger partial charge in [-0.25, -0.2) is 4.79 Å². The number of amides is 1. The summed E-state index contributed by atoms with van der Waals surface area (Å²) in [4.78, 5) is 24.1. The number of aromatic carboxylic acids is 1. The van der Waals surface area contributed by atoms with Crippen LogP contribution in [0.15, 0.2) is 40.3 Å². The molecule has 24 heavy (non-hydrogen) atoms. The SMILES string of the molecule is Cc1cc(C(=O)O)ccc1-c1ccc(/C=C(/C#N)C(=O)N(C)C)o1. The molecule has 1 aromatic carbocycles. The number of carbonyl (C=O) groups is 2. The fraction of sp³-hybridized carbons (Fsp3) is 0.167. The highest BCUT2D eigenvalue weighted by atomic mass is 16.4. The van der Waals surface area contributed by atoms with Gasteiger partial charge < -0.3 is 14.4 Å². The Morgan fingerprint density at radius 3 is 2.50 bits per heavy atom. The standard InChI is InChI=1S/C18H16N2O4/c1-11-8-12(18(22)23)4-6-15(11)16-7-5-14(24-16)9-13(10-19)17(21)20(2)3/h4-9H,1-3H3,(H,22,23)/b13-9-. The number of rotatable bonds is 4. The van der Waals surface area contributed by atoms with Gasteiger partial charge in [0.2, 0.25) is 0 Å². The fourth-order valence-corrected chi connectivity index (χ4v) is 2.17. The Balaban J connectivity index is 2.36. The summed E-state index contributed by atoms with van der Waals surface area (Å²) >= 11 is 0. The van der Waals surface area contributed by atoms with Crippen molar-refractivity contribution in [2.24, 2.45) is 0 Å². The number of hydrogen-bond acceptors (Lipinski definition) is 4. The molecular formula is C18H16N2O4. The fourth-order valence-electron chi connectivity index (χ4n) is 2.17. The summed E-state index contributed by atoms with van der Waals surface area (Å²) in [5.41, 5.74) is 1.67. The van der Waals surface area contributed by atoms with Crippen LogP contribution in [0.4, 0.5) is 0 Å². The molecule has 1 amide bonds. The number of nitrogens with zero attached hydrogens (tertiary/aromatic N) is 2. The Hall–Kier alpha value is -3.33. The van der Waals surface area contributed by atoms with Crippen molar-refractivity contribution < 1.29 is 19.1 Å². The number of benzene rings is 1. The van der Waals surface area contributed by atoms with Gasteiger partial charge in [-0.3, -0.25) is 4.79 Å². The van der Waals surface area contributed by atoms with E-state index in [1.807, 2.05) is 6.07 Å². The molecule has 0 saturated heterocycles. The van der Waals surface area contributed by atoms with Gasteiger partial charge in [0.05, 0.1) is 5.56 Å². The summed E-state index contributed by atoms with van der Waals surface area (Å²) in [6.45, 7) is 1.79. The molecule has 0 aliphatic heterocycles. The maximum absolute atomic E-state index is 11.8. The minimum atomic E-state index is -0.992. The molecule has 0 aliphatic carbocycles. The zero-order valence-electron chi connectivity index (χ0n) is 13.5. The Morgan fingerprint density at radius 1 is 1.25 bits per heavy atom. The molecule has 0 atom stereocenters. The molecule has 0 bridgehead atoms. The van der Waals surface area contributed by atoms with Crippen LogP contribution in [0.5, 0.6) is 0 Å². The van der Waals surface area contributed by atoms with Crippen LogP contribution < -0.4 is 0 Å². The summed E-state index contributed by atoms with van der Waals surface area (Å²) < 4.78 is 5.67. The molecule has 0 aliphatic rings. The summed E-state index contributed by atoms with van der Waals surface area (Å²) in [5.74, 6) is -0.491. The lowest BCUT2D eigenvalue weighted by molar-refractivity contribution is -0.124. The van der Waals surface area contributed by atoms with E-state index in [2.05, 4.69) is 0 Å². The van der Waals surface area contributed by atoms with Crippen molar-refractivity contribution in [1.29, 1.82) is 5.26 Å². The van der Waals surface area contributed by atoms with Crippen molar-refractivity contribution in [1.82, 2.24) is 4.90 Å². The van der Waals surface area contributed by atoms with Gasteiger partial charge in [-0.05, 0) is 36.8 Å². The molecule has 0 spiro atoms. The third-order valence-corrected chi connectivity index (χ3v) is 3.41. The highest BCUT2D eigenvalue weighted by Crippen LogP contribution is 2.27. The zero-order chi connectivity index (χ0) is 17.9. The molecule has 0 radical (unpaired) electrons. The largest absolute Gasteiger partial charge is 0.478 e. The molecule has 2 aromatic rings. The van der Waals surface area contributed by atoms with Gasteiger partial charge in [-0.15, -0.1) is 0 Å². The number of aryl methyl sites for hydroxylation is 1. The van der Waals surface area contributed by atoms with E-state index in [1.54, 1.807) is 45.3 Å². The van der Waals surface area contributed by atoms with E-state index >= 15 is 0 Å². The molecule has 2 rings (SSSR count). The average Bonchev–Trinajstić information content (AvgIpc) is 2.99. The van der Waals surface area contributed by atoms with Gasteiger partial charge in [-0.1, -0.05) is 6.07 Å². The molecule has 0 fully saturated rings. The Bertz CT molecular complexity index is 869. The quantitative estimate of drug-likeness (QED) is 0.689. The summed E-state index contributed by atoms with van der Waals surface area (Å²) in [6.07, 6.45) is 1.38. The highest BCUT2D eigenvalue weighted by molar-refractivity contribution is 6.01. The number of hydrogen-bond donors (Lipinski definition) is 1. The molecule has 1 aromatic heterocycles. The van der Waals surface area contributed by atoms with E-state index in [0.29, 0.717) is 11.5 Å². The van der Waals surface area contributed by atoms with Crippen LogP contribution in [-0.2, 0) is 4.79 Å². The van der Waals surface area contributed by atoms with Gasteiger partial charge in [0, 0.05) is 25.7 Å². The number of furan rings is 1. The van der Waals surface area contributed by atoms with E-state index in [9.17, 15) is 9.59 Å². The predicted octanol–water partition coefficient (Wildman–Crippen LogP) is 2.95. The Morgan fingerprint density at radius 2 is 1.96 bits per heavy atom. The first-order valence-corrected chi connectivity index (χ1v) is 7.11. The van der Waals surface area contributed by atoms with E-state index in [0.717, 1.165) is 11.1 Å². The number of likely N-dealkylation sites (N-methyl/N-ethyl adjacent to an activating group) is 1. The molecule has 122 valence electrons. The third-order valence-electron chi connectivity index (χ3n) is 3.41. The second-order valence-electron chi connectivity index (χ2n) is 5.41. The Labute approximate surface area is 139 Å². The Kier molecular flexibility index (Phi) is 4.85. The number of nitriles is 1. The molecule has 6 nitrogen and oxygen atoms in total. The topological polar surface area (TPSA) is 94.5 Å². The maximum atomic E-state index is 11.8. The van der Waals surface area contributed by atoms with Crippen LogP contribution >= 0.6 is 0 Å². The first kappa shape index (κ1) is 17.0. The molecule has 6 heteroatoms. The van der Waals surface area contributed by atoms with E-state index in [4.69, 9.17) is 14.8 Å². The van der Waals surface area contributed by atoms with Crippen molar-refractivity contribution in [3.63, 3.8) is 0 Å². The average molecular weight is 324 g/mol. The normalized spacial score (nSPS) is 11.0. The van der Waals surface area contributed by atoms with Crippen molar-refractivity contribution in [2.45, 2.75) is 6.92 Å². The maximum Gasteiger partial charge on any atom is 0.335 e. The predicted molar refractivity (Wildman–Crippen MR) is 88.1 cm³/mol. The first-order chi connectivity index (χ1) is 11.3. The highest BCUT2D eigenvalue weighted by Gasteiger charge is 2.14. The second kappa shape index (κ2) is 6.84. The first-order valence-electron chi connectivity index (χ1n) is 7.11. The van der Waals surface area contributed by atoms with Crippen molar-refractivity contribution >= 4 is 18.0 Å². The third kappa shape index (κ3) is 3.52. The number of carboxylic acids is 1. The van der Waals surface area contributed by atoms with Crippen molar-refractivity contribution in [3.05, 3.63) is 52.8 Å². The number of carbonyl (C=O) groups excluding carboxylic acids is 1. The molecule has 0 unspecified atom stereocenters. The van der Waals surface area contributed by atoms with Gasteiger partial charge >= 0.3 is 5.97 Å². The monoisotopic (exact) mass is 324 g/mol. The van der Waals surface area contributed by atoms with Crippen LogP contribution in [-0.4, -0.2) is 36.0 Å². The van der Waals surface area contributed by atoms with Gasteiger partial charge in [0.25, 0.3) is 5.91 Å². The molecule has 1 N–H and O–H groups in total. The summed E-state index contributed by atoms with van der Waals surface area (Å²) in [5, 5.41) is 18.1. The van der Waals surface area contributed by atoms with Crippen molar-refractivity contribution in [2.75, 3.05) is 14.1 Å². The van der Waals surface area contributed by atoms with E-state index < -0.39 is 11.9 Å². The minimum absolute atomic E-state index is 0.0288. The lowest BCUT2D eigenvalue weighted by Gasteiger charge is -2.07. The van der Waals surface area contributed by atoms with Crippen LogP contribution in [0.2, 0.25) is 0 Å². The van der Waals surface area contributed by atoms with Crippen LogP contribution in [0.1, 0.15) is 21.7 Å². The van der Waals surface area contributed by atoms with Crippen LogP contribution in [0.3, 0.4) is 0 Å². The summed E-state index contributed by atoms with van der Waals surface area (Å²) in [7, 11) is 3.13. The minimum Gasteiger partial charge on any atom is -0.478 e. The molecule has 1 heterocycles. The lowest BCUT2D eigenvalue weighted by atomic mass is 10.0. The lowest BCUT2D eigenvalue weighted by Crippen LogP contribution is -2.22. The van der Waals surface area contributed by atoms with Crippen LogP contribution in [0, 0.1) is 18.3 Å².